The third-order valence-corrected chi connectivity index (χ3v) is 3.10. The van der Waals surface area contributed by atoms with Gasteiger partial charge in [-0.05, 0) is 36.6 Å². The summed E-state index contributed by atoms with van der Waals surface area (Å²) in [6.07, 6.45) is 2.42. The van der Waals surface area contributed by atoms with Crippen molar-refractivity contribution in [2.75, 3.05) is 44.1 Å². The van der Waals surface area contributed by atoms with E-state index in [9.17, 15) is 0 Å². The van der Waals surface area contributed by atoms with E-state index in [-0.39, 0.29) is 0 Å². The number of anilines is 2. The van der Waals surface area contributed by atoms with Crippen LogP contribution in [0.25, 0.3) is 0 Å². The standard InChI is InChI=1S/C13H20N2O/c1-15(8-9-16-2)12-5-6-13-11(10-12)4-3-7-14-13/h5-6,10,14H,3-4,7-9H2,1-2H3. The summed E-state index contributed by atoms with van der Waals surface area (Å²) in [6, 6.07) is 6.65. The van der Waals surface area contributed by atoms with E-state index in [0.717, 1.165) is 19.7 Å². The van der Waals surface area contributed by atoms with Crippen LogP contribution >= 0.6 is 0 Å². The summed E-state index contributed by atoms with van der Waals surface area (Å²) in [6.45, 7) is 2.81. The third kappa shape index (κ3) is 2.47. The van der Waals surface area contributed by atoms with Crippen molar-refractivity contribution in [2.24, 2.45) is 0 Å². The third-order valence-electron chi connectivity index (χ3n) is 3.10. The maximum absolute atomic E-state index is 5.09. The van der Waals surface area contributed by atoms with Crippen LogP contribution in [0.15, 0.2) is 18.2 Å². The highest BCUT2D eigenvalue weighted by atomic mass is 16.5. The summed E-state index contributed by atoms with van der Waals surface area (Å²) in [4.78, 5) is 2.23. The number of rotatable bonds is 4. The second-order valence-electron chi connectivity index (χ2n) is 4.29. The second kappa shape index (κ2) is 5.21. The summed E-state index contributed by atoms with van der Waals surface area (Å²) in [7, 11) is 3.85. The zero-order chi connectivity index (χ0) is 11.4. The van der Waals surface area contributed by atoms with Gasteiger partial charge in [-0.25, -0.2) is 0 Å². The van der Waals surface area contributed by atoms with Crippen LogP contribution in [0, 0.1) is 0 Å². The van der Waals surface area contributed by atoms with Gasteiger partial charge in [0, 0.05) is 38.6 Å². The number of fused-ring (bicyclic) bond motifs is 1. The van der Waals surface area contributed by atoms with Crippen molar-refractivity contribution in [3.05, 3.63) is 23.8 Å². The maximum Gasteiger partial charge on any atom is 0.0637 e. The Morgan fingerprint density at radius 3 is 3.12 bits per heavy atom. The van der Waals surface area contributed by atoms with Crippen LogP contribution in [-0.2, 0) is 11.2 Å². The fraction of sp³-hybridized carbons (Fsp3) is 0.538. The number of ether oxygens (including phenoxy) is 1. The quantitative estimate of drug-likeness (QED) is 0.841. The Balaban J connectivity index is 2.10. The van der Waals surface area contributed by atoms with Crippen molar-refractivity contribution in [3.8, 4) is 0 Å². The predicted octanol–water partition coefficient (Wildman–Crippen LogP) is 2.13. The first-order valence-corrected chi connectivity index (χ1v) is 5.88. The fourth-order valence-electron chi connectivity index (χ4n) is 2.06. The molecule has 0 aliphatic carbocycles. The molecule has 1 aromatic rings. The Morgan fingerprint density at radius 1 is 1.44 bits per heavy atom. The number of likely N-dealkylation sites (N-methyl/N-ethyl adjacent to an activating group) is 1. The van der Waals surface area contributed by atoms with Gasteiger partial charge in [0.2, 0.25) is 0 Å². The lowest BCUT2D eigenvalue weighted by Gasteiger charge is -2.23. The number of benzene rings is 1. The van der Waals surface area contributed by atoms with Crippen LogP contribution in [0.1, 0.15) is 12.0 Å². The van der Waals surface area contributed by atoms with Gasteiger partial charge in [0.1, 0.15) is 0 Å². The summed E-state index contributed by atoms with van der Waals surface area (Å²) in [5.41, 5.74) is 4.02. The summed E-state index contributed by atoms with van der Waals surface area (Å²) in [5, 5.41) is 3.43. The van der Waals surface area contributed by atoms with Crippen LogP contribution in [0.2, 0.25) is 0 Å². The van der Waals surface area contributed by atoms with E-state index in [1.165, 1.54) is 29.8 Å². The van der Waals surface area contributed by atoms with Gasteiger partial charge < -0.3 is 15.0 Å². The van der Waals surface area contributed by atoms with Gasteiger partial charge in [0.25, 0.3) is 0 Å². The van der Waals surface area contributed by atoms with Crippen molar-refractivity contribution in [1.29, 1.82) is 0 Å². The zero-order valence-corrected chi connectivity index (χ0v) is 10.1. The molecule has 1 heterocycles. The molecule has 0 amide bonds. The van der Waals surface area contributed by atoms with E-state index in [0.29, 0.717) is 0 Å². The van der Waals surface area contributed by atoms with Gasteiger partial charge in [0.15, 0.2) is 0 Å². The minimum atomic E-state index is 0.770. The minimum Gasteiger partial charge on any atom is -0.385 e. The molecule has 88 valence electrons. The van der Waals surface area contributed by atoms with Crippen LogP contribution in [0.4, 0.5) is 11.4 Å². The highest BCUT2D eigenvalue weighted by molar-refractivity contribution is 5.61. The molecule has 1 N–H and O–H groups in total. The topological polar surface area (TPSA) is 24.5 Å². The maximum atomic E-state index is 5.09. The molecular formula is C13H20N2O. The van der Waals surface area contributed by atoms with E-state index >= 15 is 0 Å². The Labute approximate surface area is 97.4 Å². The average Bonchev–Trinajstić information content (AvgIpc) is 2.35. The molecule has 2 rings (SSSR count). The first-order valence-electron chi connectivity index (χ1n) is 5.88. The van der Waals surface area contributed by atoms with Gasteiger partial charge >= 0.3 is 0 Å². The molecule has 0 saturated carbocycles. The fourth-order valence-corrected chi connectivity index (χ4v) is 2.06. The highest BCUT2D eigenvalue weighted by Gasteiger charge is 2.10. The largest absolute Gasteiger partial charge is 0.385 e. The molecule has 0 fully saturated rings. The Morgan fingerprint density at radius 2 is 2.31 bits per heavy atom. The molecule has 0 saturated heterocycles. The molecule has 0 spiro atoms. The normalized spacial score (nSPS) is 14.1. The molecule has 0 radical (unpaired) electrons. The lowest BCUT2D eigenvalue weighted by Crippen LogP contribution is -2.22. The zero-order valence-electron chi connectivity index (χ0n) is 10.1. The van der Waals surface area contributed by atoms with Gasteiger partial charge in [-0.3, -0.25) is 0 Å². The van der Waals surface area contributed by atoms with Crippen molar-refractivity contribution in [2.45, 2.75) is 12.8 Å². The van der Waals surface area contributed by atoms with Crippen LogP contribution in [-0.4, -0.2) is 33.9 Å². The SMILES string of the molecule is COCCN(C)c1ccc2c(c1)CCCN2. The number of hydrogen-bond acceptors (Lipinski definition) is 3. The molecule has 3 heteroatoms. The molecular weight excluding hydrogens is 200 g/mol. The molecule has 1 aliphatic rings. The van der Waals surface area contributed by atoms with Crippen LogP contribution in [0.5, 0.6) is 0 Å². The second-order valence-corrected chi connectivity index (χ2v) is 4.29. The van der Waals surface area contributed by atoms with E-state index in [1.807, 2.05) is 0 Å². The Bertz CT molecular complexity index is 352. The molecule has 0 aromatic heterocycles. The van der Waals surface area contributed by atoms with E-state index in [4.69, 9.17) is 4.74 Å². The Hall–Kier alpha value is -1.22. The first-order chi connectivity index (χ1) is 7.81. The van der Waals surface area contributed by atoms with Gasteiger partial charge in [-0.2, -0.15) is 0 Å². The number of nitrogens with zero attached hydrogens (tertiary/aromatic N) is 1. The lowest BCUT2D eigenvalue weighted by molar-refractivity contribution is 0.206. The smallest absolute Gasteiger partial charge is 0.0637 e. The molecule has 1 aromatic carbocycles. The van der Waals surface area contributed by atoms with E-state index < -0.39 is 0 Å². The van der Waals surface area contributed by atoms with E-state index in [2.05, 4.69) is 35.5 Å². The minimum absolute atomic E-state index is 0.770. The number of hydrogen-bond donors (Lipinski definition) is 1. The number of aryl methyl sites for hydroxylation is 1. The van der Waals surface area contributed by atoms with Crippen LogP contribution < -0.4 is 10.2 Å². The monoisotopic (exact) mass is 220 g/mol. The van der Waals surface area contributed by atoms with Crippen molar-refractivity contribution in [1.82, 2.24) is 0 Å². The van der Waals surface area contributed by atoms with Crippen LogP contribution in [0.3, 0.4) is 0 Å². The van der Waals surface area contributed by atoms with E-state index in [1.54, 1.807) is 7.11 Å². The number of methoxy groups -OCH3 is 1. The summed E-state index contributed by atoms with van der Waals surface area (Å²) >= 11 is 0. The predicted molar refractivity (Wildman–Crippen MR) is 68.4 cm³/mol. The highest BCUT2D eigenvalue weighted by Crippen LogP contribution is 2.26. The summed E-state index contributed by atoms with van der Waals surface area (Å²) in [5.74, 6) is 0. The molecule has 0 unspecified atom stereocenters. The van der Waals surface area contributed by atoms with Crippen molar-refractivity contribution >= 4 is 11.4 Å². The average molecular weight is 220 g/mol. The Kier molecular flexibility index (Phi) is 3.67. The molecule has 1 aliphatic heterocycles. The molecule has 3 nitrogen and oxygen atoms in total. The molecule has 0 bridgehead atoms. The number of nitrogens with one attached hydrogen (secondary N) is 1. The van der Waals surface area contributed by atoms with Gasteiger partial charge in [-0.1, -0.05) is 0 Å². The first kappa shape index (κ1) is 11.3. The van der Waals surface area contributed by atoms with Crippen molar-refractivity contribution in [3.63, 3.8) is 0 Å². The molecule has 16 heavy (non-hydrogen) atoms. The van der Waals surface area contributed by atoms with Gasteiger partial charge in [0.05, 0.1) is 6.61 Å². The van der Waals surface area contributed by atoms with Gasteiger partial charge in [-0.15, -0.1) is 0 Å². The lowest BCUT2D eigenvalue weighted by atomic mass is 10.0. The molecule has 0 atom stereocenters. The van der Waals surface area contributed by atoms with Crippen molar-refractivity contribution < 1.29 is 4.74 Å². The summed E-state index contributed by atoms with van der Waals surface area (Å²) < 4.78 is 5.09.